The minimum atomic E-state index is 0. The van der Waals surface area contributed by atoms with Gasteiger partial charge in [-0.1, -0.05) is 30.3 Å². The molecule has 1 N–H and O–H groups in total. The highest BCUT2D eigenvalue weighted by Crippen LogP contribution is 2.28. The summed E-state index contributed by atoms with van der Waals surface area (Å²) in [6, 6.07) is 12.2. The maximum absolute atomic E-state index is 13.3. The number of nitrogens with one attached hydrogen (secondary N) is 1. The van der Waals surface area contributed by atoms with Crippen LogP contribution in [-0.2, 0) is 7.05 Å². The lowest BCUT2D eigenvalue weighted by atomic mass is 10.0. The Hall–Kier alpha value is -2.15. The van der Waals surface area contributed by atoms with Crippen molar-refractivity contribution >= 4 is 41.8 Å². The van der Waals surface area contributed by atoms with Gasteiger partial charge in [-0.25, -0.2) is 4.98 Å². The number of nitrogens with zero attached hydrogens (tertiary/aromatic N) is 4. The molecule has 1 saturated heterocycles. The van der Waals surface area contributed by atoms with E-state index >= 15 is 0 Å². The van der Waals surface area contributed by atoms with Crippen molar-refractivity contribution in [1.29, 1.82) is 0 Å². The molecule has 0 spiro atoms. The van der Waals surface area contributed by atoms with Crippen molar-refractivity contribution in [3.8, 4) is 11.3 Å². The first kappa shape index (κ1) is 22.1. The Bertz CT molecular complexity index is 974. The molecule has 1 atom stereocenters. The first-order valence-electron chi connectivity index (χ1n) is 8.97. The molecular weight excluding hydrogens is 397 g/mol. The second-order valence-electron chi connectivity index (χ2n) is 6.94. The third kappa shape index (κ3) is 3.99. The van der Waals surface area contributed by atoms with Crippen LogP contribution >= 0.6 is 24.8 Å². The highest BCUT2D eigenvalue weighted by atomic mass is 35.5. The summed E-state index contributed by atoms with van der Waals surface area (Å²) in [5, 5.41) is 8.74. The SMILES string of the molecule is Cc1nn(C)c2nc(-c3ccccc3)cc(C(=O)N3CCNC(C)C3)c12.Cl.Cl. The lowest BCUT2D eigenvalue weighted by Crippen LogP contribution is -2.51. The van der Waals surface area contributed by atoms with Crippen LogP contribution in [0.1, 0.15) is 23.0 Å². The van der Waals surface area contributed by atoms with Gasteiger partial charge in [-0.3, -0.25) is 9.48 Å². The van der Waals surface area contributed by atoms with E-state index in [0.717, 1.165) is 34.5 Å². The van der Waals surface area contributed by atoms with Crippen molar-refractivity contribution in [2.24, 2.45) is 7.05 Å². The van der Waals surface area contributed by atoms with Crippen LogP contribution in [0.15, 0.2) is 36.4 Å². The molecule has 1 aliphatic heterocycles. The summed E-state index contributed by atoms with van der Waals surface area (Å²) in [6.07, 6.45) is 0. The summed E-state index contributed by atoms with van der Waals surface area (Å²) in [6.45, 7) is 6.28. The predicted molar refractivity (Wildman–Crippen MR) is 117 cm³/mol. The van der Waals surface area contributed by atoms with Gasteiger partial charge >= 0.3 is 0 Å². The zero-order chi connectivity index (χ0) is 18.3. The van der Waals surface area contributed by atoms with Gasteiger partial charge in [0, 0.05) is 38.3 Å². The van der Waals surface area contributed by atoms with Crippen molar-refractivity contribution in [2.45, 2.75) is 19.9 Å². The number of hydrogen-bond donors (Lipinski definition) is 1. The van der Waals surface area contributed by atoms with Gasteiger partial charge in [0.25, 0.3) is 5.91 Å². The molecule has 150 valence electrons. The van der Waals surface area contributed by atoms with Gasteiger partial charge in [-0.05, 0) is 19.9 Å². The Morgan fingerprint density at radius 2 is 1.93 bits per heavy atom. The average Bonchev–Trinajstić information content (AvgIpc) is 2.95. The number of aryl methyl sites for hydroxylation is 2. The molecule has 6 nitrogen and oxygen atoms in total. The third-order valence-corrected chi connectivity index (χ3v) is 4.92. The van der Waals surface area contributed by atoms with Crippen LogP contribution < -0.4 is 5.32 Å². The second-order valence-corrected chi connectivity index (χ2v) is 6.94. The summed E-state index contributed by atoms with van der Waals surface area (Å²) in [7, 11) is 1.87. The molecule has 2 aromatic heterocycles. The number of amides is 1. The van der Waals surface area contributed by atoms with Crippen molar-refractivity contribution in [1.82, 2.24) is 25.0 Å². The number of piperazine rings is 1. The molecule has 3 aromatic rings. The second kappa shape index (κ2) is 8.90. The molecule has 0 bridgehead atoms. The smallest absolute Gasteiger partial charge is 0.254 e. The van der Waals surface area contributed by atoms with Crippen LogP contribution in [0, 0.1) is 6.92 Å². The van der Waals surface area contributed by atoms with Crippen LogP contribution in [0.5, 0.6) is 0 Å². The van der Waals surface area contributed by atoms with Gasteiger partial charge in [-0.15, -0.1) is 24.8 Å². The van der Waals surface area contributed by atoms with Crippen LogP contribution in [0.4, 0.5) is 0 Å². The molecule has 0 saturated carbocycles. The number of fused-ring (bicyclic) bond motifs is 1. The van der Waals surface area contributed by atoms with Crippen molar-refractivity contribution in [2.75, 3.05) is 19.6 Å². The fraction of sp³-hybridized carbons (Fsp3) is 0.350. The maximum atomic E-state index is 13.3. The molecule has 4 rings (SSSR count). The van der Waals surface area contributed by atoms with E-state index < -0.39 is 0 Å². The van der Waals surface area contributed by atoms with E-state index in [1.54, 1.807) is 4.68 Å². The molecule has 1 fully saturated rings. The number of halogens is 2. The van der Waals surface area contributed by atoms with Crippen molar-refractivity contribution < 1.29 is 4.79 Å². The van der Waals surface area contributed by atoms with Crippen LogP contribution in [0.2, 0.25) is 0 Å². The highest BCUT2D eigenvalue weighted by molar-refractivity contribution is 6.07. The summed E-state index contributed by atoms with van der Waals surface area (Å²) < 4.78 is 1.76. The number of benzene rings is 1. The number of hydrogen-bond acceptors (Lipinski definition) is 4. The maximum Gasteiger partial charge on any atom is 0.254 e. The van der Waals surface area contributed by atoms with Crippen LogP contribution in [0.3, 0.4) is 0 Å². The van der Waals surface area contributed by atoms with Gasteiger partial charge < -0.3 is 10.2 Å². The summed E-state index contributed by atoms with van der Waals surface area (Å²) in [5.41, 5.74) is 4.06. The molecule has 28 heavy (non-hydrogen) atoms. The molecule has 1 unspecified atom stereocenters. The van der Waals surface area contributed by atoms with Crippen LogP contribution in [0.25, 0.3) is 22.3 Å². The minimum absolute atomic E-state index is 0. The number of pyridine rings is 1. The summed E-state index contributed by atoms with van der Waals surface area (Å²) in [4.78, 5) is 20.1. The molecule has 1 aliphatic rings. The largest absolute Gasteiger partial charge is 0.336 e. The Morgan fingerprint density at radius 3 is 2.61 bits per heavy atom. The van der Waals surface area contributed by atoms with Gasteiger partial charge in [0.05, 0.1) is 22.3 Å². The van der Waals surface area contributed by atoms with E-state index in [9.17, 15) is 4.79 Å². The Labute approximate surface area is 177 Å². The van der Waals surface area contributed by atoms with Crippen LogP contribution in [-0.4, -0.2) is 51.2 Å². The lowest BCUT2D eigenvalue weighted by molar-refractivity contribution is 0.0711. The first-order valence-corrected chi connectivity index (χ1v) is 8.97. The molecule has 0 radical (unpaired) electrons. The molecule has 1 aromatic carbocycles. The Balaban J connectivity index is 0.00000140. The number of rotatable bonds is 2. The topological polar surface area (TPSA) is 63.1 Å². The summed E-state index contributed by atoms with van der Waals surface area (Å²) >= 11 is 0. The van der Waals surface area contributed by atoms with Crippen molar-refractivity contribution in [3.05, 3.63) is 47.7 Å². The molecular formula is C20H25Cl2N5O. The van der Waals surface area contributed by atoms with Gasteiger partial charge in [-0.2, -0.15) is 5.10 Å². The normalized spacial score (nSPS) is 16.4. The summed E-state index contributed by atoms with van der Waals surface area (Å²) in [5.74, 6) is 0.0547. The third-order valence-electron chi connectivity index (χ3n) is 4.92. The standard InChI is InChI=1S/C20H23N5O.2ClH/c1-13-12-25(10-9-21-13)20(26)16-11-17(15-7-5-4-6-8-15)22-19-18(16)14(2)23-24(19)3;;/h4-8,11,13,21H,9-10,12H2,1-3H3;2*1H. The Morgan fingerprint density at radius 1 is 1.21 bits per heavy atom. The average molecular weight is 422 g/mol. The number of aromatic nitrogens is 3. The zero-order valence-electron chi connectivity index (χ0n) is 16.2. The first-order chi connectivity index (χ1) is 12.5. The van der Waals surface area contributed by atoms with E-state index in [0.29, 0.717) is 24.7 Å². The van der Waals surface area contributed by atoms with Gasteiger partial charge in [0.2, 0.25) is 0 Å². The van der Waals surface area contributed by atoms with E-state index in [1.807, 2.05) is 55.3 Å². The number of carbonyl (C=O) groups is 1. The van der Waals surface area contributed by atoms with E-state index in [-0.39, 0.29) is 30.7 Å². The van der Waals surface area contributed by atoms with Crippen molar-refractivity contribution in [3.63, 3.8) is 0 Å². The van der Waals surface area contributed by atoms with E-state index in [2.05, 4.69) is 17.3 Å². The Kier molecular flexibility index (Phi) is 7.04. The fourth-order valence-corrected chi connectivity index (χ4v) is 3.66. The molecule has 8 heteroatoms. The monoisotopic (exact) mass is 421 g/mol. The zero-order valence-corrected chi connectivity index (χ0v) is 17.8. The number of carbonyl (C=O) groups excluding carboxylic acids is 1. The minimum Gasteiger partial charge on any atom is -0.336 e. The predicted octanol–water partition coefficient (Wildman–Crippen LogP) is 3.22. The van der Waals surface area contributed by atoms with E-state index in [1.165, 1.54) is 0 Å². The fourth-order valence-electron chi connectivity index (χ4n) is 3.66. The van der Waals surface area contributed by atoms with E-state index in [4.69, 9.17) is 4.98 Å². The lowest BCUT2D eigenvalue weighted by Gasteiger charge is -2.32. The van der Waals surface area contributed by atoms with Gasteiger partial charge in [0.15, 0.2) is 5.65 Å². The highest BCUT2D eigenvalue weighted by Gasteiger charge is 2.26. The quantitative estimate of drug-likeness (QED) is 0.689. The van der Waals surface area contributed by atoms with Gasteiger partial charge in [0.1, 0.15) is 0 Å². The molecule has 3 heterocycles. The molecule has 0 aliphatic carbocycles. The molecule has 1 amide bonds.